The number of nitrogens with one attached hydrogen (secondary N) is 2. The lowest BCUT2D eigenvalue weighted by atomic mass is 9.85. The van der Waals surface area contributed by atoms with Gasteiger partial charge in [0.2, 0.25) is 0 Å². The molecule has 2 aliphatic carbocycles. The van der Waals surface area contributed by atoms with Crippen LogP contribution in [0.25, 0.3) is 68.6 Å². The lowest BCUT2D eigenvalue weighted by Gasteiger charge is -2.19. The van der Waals surface area contributed by atoms with E-state index in [0.29, 0.717) is 67.5 Å². The zero-order valence-corrected chi connectivity index (χ0v) is 35.9. The Morgan fingerprint density at radius 3 is 1.28 bits per heavy atom. The van der Waals surface area contributed by atoms with Gasteiger partial charge < -0.3 is 38.4 Å². The van der Waals surface area contributed by atoms with Crippen molar-refractivity contribution in [2.45, 2.75) is 25.7 Å². The van der Waals surface area contributed by atoms with Crippen LogP contribution < -0.4 is 9.47 Å². The van der Waals surface area contributed by atoms with Crippen molar-refractivity contribution in [3.63, 3.8) is 0 Å². The Kier molecular flexibility index (Phi) is 10.8. The summed E-state index contributed by atoms with van der Waals surface area (Å²) in [6.07, 6.45) is 7.90. The SMILES string of the molecule is COC(=O)C1=C(C(=O)OC)Cc2c(c3cc4nc(cc5[nH]c(c6c5CC(C(=O)OC)=C(C(=O)OC)C6)c(-c5cc(OC)cc(OC)c5)c5nc(c(-c6ccccc6)c2[nH]3)C=C5)C=C4)C1. The normalized spacial score (nSPS) is 13.8. The standard InChI is InChI=1S/C50H42N4O10/c1-59-29-16-26(17-30(20-29)60-2)44-40-15-14-39(52-40)43(25-10-8-7-9-11-25)45-33-23-37(49(57)63-5)35(47(55)61-3)21-31(33)41(53-45)18-27-12-13-28(51-27)19-42-32-22-36(48(56)62-4)38(50(58)64-6)24-34(32)46(44)54-42/h7-20,53-54H,21-24H2,1-6H3. The molecule has 2 aliphatic heterocycles. The minimum Gasteiger partial charge on any atom is -0.497 e. The molecule has 0 amide bonds. The van der Waals surface area contributed by atoms with Crippen LogP contribution in [-0.2, 0) is 63.8 Å². The van der Waals surface area contributed by atoms with Crippen molar-refractivity contribution < 1.29 is 47.6 Å². The lowest BCUT2D eigenvalue weighted by Crippen LogP contribution is -2.21. The van der Waals surface area contributed by atoms with E-state index < -0.39 is 23.9 Å². The molecule has 9 rings (SSSR count). The van der Waals surface area contributed by atoms with Crippen LogP contribution in [0.3, 0.4) is 0 Å². The molecule has 2 N–H and O–H groups in total. The first-order chi connectivity index (χ1) is 31.1. The van der Waals surface area contributed by atoms with Crippen LogP contribution in [0, 0.1) is 0 Å². The molecule has 64 heavy (non-hydrogen) atoms. The van der Waals surface area contributed by atoms with Gasteiger partial charge in [-0.3, -0.25) is 0 Å². The third-order valence-electron chi connectivity index (χ3n) is 12.0. The number of hydrogen-bond acceptors (Lipinski definition) is 12. The molecule has 14 nitrogen and oxygen atoms in total. The summed E-state index contributed by atoms with van der Waals surface area (Å²) in [6.45, 7) is 0. The molecular weight excluding hydrogens is 817 g/mol. The first-order valence-electron chi connectivity index (χ1n) is 20.3. The molecule has 0 atom stereocenters. The van der Waals surface area contributed by atoms with E-state index >= 15 is 0 Å². The molecule has 322 valence electrons. The Morgan fingerprint density at radius 2 is 0.875 bits per heavy atom. The number of carbonyl (C=O) groups excluding carboxylic acids is 4. The van der Waals surface area contributed by atoms with Crippen LogP contribution in [-0.4, -0.2) is 86.5 Å². The number of H-pyrrole nitrogens is 2. The van der Waals surface area contributed by atoms with Crippen molar-refractivity contribution in [1.82, 2.24) is 19.9 Å². The summed E-state index contributed by atoms with van der Waals surface area (Å²) in [5.74, 6) is -1.46. The number of methoxy groups -OCH3 is 6. The monoisotopic (exact) mass is 858 g/mol. The zero-order valence-electron chi connectivity index (χ0n) is 35.9. The molecule has 0 saturated heterocycles. The maximum Gasteiger partial charge on any atom is 0.334 e. The Balaban J connectivity index is 1.47. The topological polar surface area (TPSA) is 181 Å². The number of ether oxygens (including phenoxy) is 6. The summed E-state index contributed by atoms with van der Waals surface area (Å²) >= 11 is 0. The van der Waals surface area contributed by atoms with E-state index in [1.165, 1.54) is 28.4 Å². The van der Waals surface area contributed by atoms with Crippen molar-refractivity contribution in [3.8, 4) is 33.8 Å². The van der Waals surface area contributed by atoms with Crippen LogP contribution in [0.5, 0.6) is 11.5 Å². The lowest BCUT2D eigenvalue weighted by molar-refractivity contribution is -0.139. The maximum atomic E-state index is 13.4. The van der Waals surface area contributed by atoms with Crippen molar-refractivity contribution >= 4 is 70.2 Å². The molecule has 0 unspecified atom stereocenters. The van der Waals surface area contributed by atoms with Gasteiger partial charge >= 0.3 is 23.9 Å². The fourth-order valence-electron chi connectivity index (χ4n) is 8.96. The van der Waals surface area contributed by atoms with Crippen molar-refractivity contribution in [2.24, 2.45) is 0 Å². The molecule has 8 bridgehead atoms. The number of benzene rings is 2. The fraction of sp³-hybridized carbons (Fsp3) is 0.200. The van der Waals surface area contributed by atoms with Gasteiger partial charge in [-0.15, -0.1) is 0 Å². The zero-order chi connectivity index (χ0) is 44.8. The van der Waals surface area contributed by atoms with Crippen molar-refractivity contribution in [3.05, 3.63) is 128 Å². The van der Waals surface area contributed by atoms with E-state index in [1.54, 1.807) is 20.3 Å². The Morgan fingerprint density at radius 1 is 0.469 bits per heavy atom. The van der Waals surface area contributed by atoms with Gasteiger partial charge in [-0.25, -0.2) is 29.1 Å². The van der Waals surface area contributed by atoms with Gasteiger partial charge in [0.15, 0.2) is 0 Å². The second-order valence-electron chi connectivity index (χ2n) is 15.3. The van der Waals surface area contributed by atoms with E-state index in [1.807, 2.05) is 78.9 Å². The van der Waals surface area contributed by atoms with E-state index in [9.17, 15) is 19.2 Å². The summed E-state index contributed by atoms with van der Waals surface area (Å²) in [5, 5.41) is 0. The molecule has 0 fully saturated rings. The number of esters is 4. The molecule has 5 aromatic rings. The number of fused-ring (bicyclic) bond motifs is 14. The highest BCUT2D eigenvalue weighted by molar-refractivity contribution is 6.06. The number of aromatic nitrogens is 4. The number of aromatic amines is 2. The highest BCUT2D eigenvalue weighted by atomic mass is 16.5. The van der Waals surface area contributed by atoms with Gasteiger partial charge in [-0.2, -0.15) is 0 Å². The largest absolute Gasteiger partial charge is 0.497 e. The molecule has 0 saturated carbocycles. The molecule has 14 heteroatoms. The predicted octanol–water partition coefficient (Wildman–Crippen LogP) is 7.49. The Hall–Kier alpha value is -8.00. The number of nitrogens with zero attached hydrogens (tertiary/aromatic N) is 2. The Bertz CT molecular complexity index is 3130. The molecular formula is C50H42N4O10. The minimum absolute atomic E-state index is 0.0415. The third-order valence-corrected chi connectivity index (χ3v) is 12.0. The van der Waals surface area contributed by atoms with Gasteiger partial charge in [0, 0.05) is 53.9 Å². The van der Waals surface area contributed by atoms with Crippen LogP contribution in [0.15, 0.2) is 83.0 Å². The van der Waals surface area contributed by atoms with E-state index in [0.717, 1.165) is 33.4 Å². The first-order valence-corrected chi connectivity index (χ1v) is 20.3. The average molecular weight is 859 g/mol. The van der Waals surface area contributed by atoms with Crippen LogP contribution in [0.4, 0.5) is 0 Å². The molecule has 0 radical (unpaired) electrons. The first kappa shape index (κ1) is 41.4. The van der Waals surface area contributed by atoms with Gasteiger partial charge in [-0.1, -0.05) is 30.3 Å². The van der Waals surface area contributed by atoms with Crippen LogP contribution in [0.1, 0.15) is 45.0 Å². The molecule has 4 aliphatic rings. The molecule has 0 spiro atoms. The number of hydrogen-bond donors (Lipinski definition) is 2. The summed E-state index contributed by atoms with van der Waals surface area (Å²) in [7, 11) is 8.29. The summed E-state index contributed by atoms with van der Waals surface area (Å²) in [6, 6.07) is 19.1. The van der Waals surface area contributed by atoms with E-state index in [4.69, 9.17) is 38.4 Å². The number of rotatable bonds is 8. The highest BCUT2D eigenvalue weighted by Gasteiger charge is 2.34. The second kappa shape index (κ2) is 16.7. The highest BCUT2D eigenvalue weighted by Crippen LogP contribution is 2.43. The van der Waals surface area contributed by atoms with Crippen molar-refractivity contribution in [2.75, 3.05) is 42.7 Å². The van der Waals surface area contributed by atoms with Gasteiger partial charge in [0.1, 0.15) is 11.5 Å². The fourth-order valence-corrected chi connectivity index (χ4v) is 8.96. The smallest absolute Gasteiger partial charge is 0.334 e. The predicted molar refractivity (Wildman–Crippen MR) is 240 cm³/mol. The Labute approximate surface area is 366 Å². The van der Waals surface area contributed by atoms with Gasteiger partial charge in [0.25, 0.3) is 0 Å². The molecule has 3 aromatic heterocycles. The minimum atomic E-state index is -0.641. The quantitative estimate of drug-likeness (QED) is 0.114. The number of carbonyl (C=O) groups is 4. The molecule has 2 aromatic carbocycles. The maximum absolute atomic E-state index is 13.4. The third kappa shape index (κ3) is 7.12. The second-order valence-corrected chi connectivity index (χ2v) is 15.3. The summed E-state index contributed by atoms with van der Waals surface area (Å²) < 4.78 is 32.3. The van der Waals surface area contributed by atoms with E-state index in [-0.39, 0.29) is 48.0 Å². The van der Waals surface area contributed by atoms with E-state index in [2.05, 4.69) is 9.97 Å². The summed E-state index contributed by atoms with van der Waals surface area (Å²) in [4.78, 5) is 71.2. The van der Waals surface area contributed by atoms with Gasteiger partial charge in [-0.05, 0) is 82.0 Å². The van der Waals surface area contributed by atoms with Crippen LogP contribution in [0.2, 0.25) is 0 Å². The van der Waals surface area contributed by atoms with Crippen LogP contribution >= 0.6 is 0 Å². The average Bonchev–Trinajstić information content (AvgIpc) is 4.14. The molecule has 5 heterocycles. The van der Waals surface area contributed by atoms with Gasteiger partial charge in [0.05, 0.1) is 98.8 Å². The summed E-state index contributed by atoms with van der Waals surface area (Å²) in [5.41, 5.74) is 11.9. The van der Waals surface area contributed by atoms with Crippen molar-refractivity contribution in [1.29, 1.82) is 0 Å².